The van der Waals surface area contributed by atoms with Crippen LogP contribution in [0, 0.1) is 0 Å². The number of carbonyl (C=O) groups excluding carboxylic acids is 4. The van der Waals surface area contributed by atoms with Crippen molar-refractivity contribution in [2.45, 2.75) is 90.9 Å². The Bertz CT molecular complexity index is 1600. The Morgan fingerprint density at radius 1 is 0.860 bits per heavy atom. The first-order valence-corrected chi connectivity index (χ1v) is 17.7. The van der Waals surface area contributed by atoms with E-state index in [4.69, 9.17) is 18.9 Å². The highest BCUT2D eigenvalue weighted by atomic mass is 32.1. The van der Waals surface area contributed by atoms with Crippen molar-refractivity contribution in [2.75, 3.05) is 31.2 Å². The molecule has 13 heteroatoms. The maximum Gasteiger partial charge on any atom is 0.416 e. The van der Waals surface area contributed by atoms with Crippen LogP contribution >= 0.6 is 11.3 Å². The van der Waals surface area contributed by atoms with Gasteiger partial charge in [0.25, 0.3) is 0 Å². The number of esters is 1. The molecule has 0 unspecified atom stereocenters. The molecule has 4 rings (SSSR count). The number of amides is 3. The van der Waals surface area contributed by atoms with Crippen molar-refractivity contribution in [3.8, 4) is 11.1 Å². The van der Waals surface area contributed by atoms with Crippen LogP contribution in [0.15, 0.2) is 53.9 Å². The molecule has 270 valence electrons. The summed E-state index contributed by atoms with van der Waals surface area (Å²) in [6, 6.07) is 15.7. The van der Waals surface area contributed by atoms with Gasteiger partial charge in [0, 0.05) is 17.8 Å². The van der Waals surface area contributed by atoms with Gasteiger partial charge in [-0.2, -0.15) is 0 Å². The van der Waals surface area contributed by atoms with Gasteiger partial charge in [-0.05, 0) is 90.0 Å². The van der Waals surface area contributed by atoms with Crippen LogP contribution in [-0.4, -0.2) is 72.8 Å². The monoisotopic (exact) mass is 708 g/mol. The lowest BCUT2D eigenvalue weighted by Gasteiger charge is -2.30. The largest absolute Gasteiger partial charge is 0.461 e. The Kier molecular flexibility index (Phi) is 12.9. The molecule has 50 heavy (non-hydrogen) atoms. The van der Waals surface area contributed by atoms with E-state index in [2.05, 4.69) is 39.9 Å². The quantitative estimate of drug-likeness (QED) is 0.104. The van der Waals surface area contributed by atoms with Crippen LogP contribution in [0.1, 0.15) is 95.3 Å². The number of anilines is 1. The van der Waals surface area contributed by atoms with Gasteiger partial charge in [-0.15, -0.1) is 11.3 Å². The van der Waals surface area contributed by atoms with Gasteiger partial charge in [0.05, 0.1) is 19.2 Å². The van der Waals surface area contributed by atoms with E-state index in [9.17, 15) is 19.2 Å². The summed E-state index contributed by atoms with van der Waals surface area (Å²) >= 11 is 1.09. The molecular weight excluding hydrogens is 660 g/mol. The Morgan fingerprint density at radius 2 is 1.48 bits per heavy atom. The molecular formula is C37H48N4O8S. The number of nitrogens with one attached hydrogen (secondary N) is 2. The van der Waals surface area contributed by atoms with E-state index >= 15 is 0 Å². The highest BCUT2D eigenvalue weighted by Crippen LogP contribution is 2.44. The first-order chi connectivity index (χ1) is 23.6. The van der Waals surface area contributed by atoms with Crippen molar-refractivity contribution in [2.24, 2.45) is 0 Å². The second-order valence-electron chi connectivity index (χ2n) is 13.9. The number of thiazole rings is 1. The van der Waals surface area contributed by atoms with Gasteiger partial charge in [-0.25, -0.2) is 24.2 Å². The molecule has 1 heterocycles. The molecule has 3 amide bonds. The minimum absolute atomic E-state index is 0.0102. The number of ether oxygens (including phenoxy) is 4. The Hall–Kier alpha value is -4.65. The van der Waals surface area contributed by atoms with Crippen molar-refractivity contribution in [1.29, 1.82) is 0 Å². The fraction of sp³-hybridized carbons (Fsp3) is 0.486. The lowest BCUT2D eigenvalue weighted by Crippen LogP contribution is -2.48. The summed E-state index contributed by atoms with van der Waals surface area (Å²) in [7, 11) is 0. The molecule has 2 N–H and O–H groups in total. The summed E-state index contributed by atoms with van der Waals surface area (Å²) in [5.74, 6) is -0.640. The van der Waals surface area contributed by atoms with Gasteiger partial charge in [-0.3, -0.25) is 4.90 Å². The average Bonchev–Trinajstić information content (AvgIpc) is 3.64. The van der Waals surface area contributed by atoms with Gasteiger partial charge in [0.15, 0.2) is 10.8 Å². The normalized spacial score (nSPS) is 13.0. The summed E-state index contributed by atoms with van der Waals surface area (Å²) < 4.78 is 21.9. The number of rotatable bonds is 13. The first kappa shape index (κ1) is 38.2. The van der Waals surface area contributed by atoms with Crippen LogP contribution in [0.25, 0.3) is 11.1 Å². The maximum absolute atomic E-state index is 13.4. The van der Waals surface area contributed by atoms with Crippen LogP contribution in [-0.2, 0) is 18.9 Å². The molecule has 1 atom stereocenters. The number of hydrogen-bond donors (Lipinski definition) is 2. The van der Waals surface area contributed by atoms with Crippen LogP contribution in [0.5, 0.6) is 0 Å². The topological polar surface area (TPSA) is 145 Å². The van der Waals surface area contributed by atoms with E-state index in [1.54, 1.807) is 48.5 Å². The summed E-state index contributed by atoms with van der Waals surface area (Å²) in [6.45, 7) is 12.9. The first-order valence-electron chi connectivity index (χ1n) is 16.9. The van der Waals surface area contributed by atoms with Crippen LogP contribution in [0.2, 0.25) is 0 Å². The molecule has 1 aliphatic rings. The second kappa shape index (κ2) is 16.8. The highest BCUT2D eigenvalue weighted by molar-refractivity contribution is 7.14. The molecule has 1 aliphatic carbocycles. The molecule has 0 radical (unpaired) electrons. The molecule has 0 saturated carbocycles. The number of fused-ring (bicyclic) bond motifs is 3. The van der Waals surface area contributed by atoms with Crippen molar-refractivity contribution < 1.29 is 38.1 Å². The SMILES string of the molecule is CCOC(=O)c1csc(N(C[C@H](CCCCNC(=O)OCC2c3ccccc3-c3ccccc32)NC(=O)OC(C)(C)C)C(=O)OC(C)(C)C)n1. The Morgan fingerprint density at radius 3 is 2.08 bits per heavy atom. The van der Waals surface area contributed by atoms with E-state index in [-0.39, 0.29) is 36.5 Å². The summed E-state index contributed by atoms with van der Waals surface area (Å²) in [5.41, 5.74) is 3.11. The third-order valence-corrected chi connectivity index (χ3v) is 8.40. The molecule has 12 nitrogen and oxygen atoms in total. The van der Waals surface area contributed by atoms with E-state index in [0.29, 0.717) is 25.8 Å². The zero-order valence-corrected chi connectivity index (χ0v) is 30.7. The lowest BCUT2D eigenvalue weighted by atomic mass is 9.98. The van der Waals surface area contributed by atoms with E-state index in [1.807, 2.05) is 24.3 Å². The summed E-state index contributed by atoms with van der Waals surface area (Å²) in [6.07, 6.45) is -0.246. The zero-order valence-electron chi connectivity index (χ0n) is 29.9. The second-order valence-corrected chi connectivity index (χ2v) is 14.8. The van der Waals surface area contributed by atoms with E-state index < -0.39 is 41.5 Å². The fourth-order valence-corrected chi connectivity index (χ4v) is 6.29. The van der Waals surface area contributed by atoms with Crippen molar-refractivity contribution >= 4 is 40.7 Å². The van der Waals surface area contributed by atoms with E-state index in [0.717, 1.165) is 33.6 Å². The predicted molar refractivity (Wildman–Crippen MR) is 192 cm³/mol. The Balaban J connectivity index is 1.36. The minimum Gasteiger partial charge on any atom is -0.461 e. The van der Waals surface area contributed by atoms with Crippen LogP contribution in [0.3, 0.4) is 0 Å². The fourth-order valence-electron chi connectivity index (χ4n) is 5.49. The number of hydrogen-bond acceptors (Lipinski definition) is 10. The van der Waals surface area contributed by atoms with Gasteiger partial charge >= 0.3 is 24.2 Å². The smallest absolute Gasteiger partial charge is 0.416 e. The molecule has 1 aromatic heterocycles. The number of aromatic nitrogens is 1. The van der Waals surface area contributed by atoms with Gasteiger partial charge in [0.2, 0.25) is 0 Å². The number of alkyl carbamates (subject to hydrolysis) is 2. The summed E-state index contributed by atoms with van der Waals surface area (Å²) in [4.78, 5) is 56.9. The van der Waals surface area contributed by atoms with Crippen molar-refractivity contribution in [3.05, 3.63) is 70.7 Å². The van der Waals surface area contributed by atoms with Gasteiger partial charge in [0.1, 0.15) is 17.8 Å². The van der Waals surface area contributed by atoms with Gasteiger partial charge in [-0.1, -0.05) is 48.5 Å². The maximum atomic E-state index is 13.4. The predicted octanol–water partition coefficient (Wildman–Crippen LogP) is 7.66. The number of nitrogens with zero attached hydrogens (tertiary/aromatic N) is 2. The molecule has 0 fully saturated rings. The highest BCUT2D eigenvalue weighted by Gasteiger charge is 2.31. The molecule has 0 spiro atoms. The van der Waals surface area contributed by atoms with Crippen molar-refractivity contribution in [3.63, 3.8) is 0 Å². The molecule has 0 bridgehead atoms. The Labute approximate surface area is 297 Å². The number of benzene rings is 2. The number of carbonyl (C=O) groups is 4. The summed E-state index contributed by atoms with van der Waals surface area (Å²) in [5, 5.41) is 7.42. The lowest BCUT2D eigenvalue weighted by molar-refractivity contribution is 0.0483. The van der Waals surface area contributed by atoms with E-state index in [1.165, 1.54) is 10.3 Å². The van der Waals surface area contributed by atoms with Crippen LogP contribution in [0.4, 0.5) is 19.5 Å². The standard InChI is InChI=1S/C37H48N4O8S/c1-8-46-31(42)30-23-50-32(40-30)41(35(45)49-37(5,6)7)21-24(39-34(44)48-36(2,3)4)15-13-14-20-38-33(43)47-22-29-27-18-11-9-16-25(27)26-17-10-12-19-28(26)29/h9-12,16-19,23-24,29H,8,13-15,20-22H2,1-7H3,(H,38,43)(H,39,44)/t24-/m0/s1. The minimum atomic E-state index is -0.810. The van der Waals surface area contributed by atoms with Crippen LogP contribution < -0.4 is 15.5 Å². The molecule has 0 saturated heterocycles. The van der Waals surface area contributed by atoms with Crippen molar-refractivity contribution in [1.82, 2.24) is 15.6 Å². The zero-order chi connectivity index (χ0) is 36.5. The number of unbranched alkanes of at least 4 members (excludes halogenated alkanes) is 1. The van der Waals surface area contributed by atoms with Gasteiger partial charge < -0.3 is 29.6 Å². The average molecular weight is 709 g/mol. The molecule has 2 aromatic carbocycles. The molecule has 3 aromatic rings. The third-order valence-electron chi connectivity index (χ3n) is 7.54. The molecule has 0 aliphatic heterocycles. The third kappa shape index (κ3) is 10.9.